The number of hydrogen-bond acceptors (Lipinski definition) is 3. The van der Waals surface area contributed by atoms with Crippen molar-refractivity contribution in [3.05, 3.63) is 0 Å². The average molecular weight is 177 g/mol. The number of rotatable bonds is 4. The van der Waals surface area contributed by atoms with E-state index in [-0.39, 0.29) is 13.1 Å². The summed E-state index contributed by atoms with van der Waals surface area (Å²) in [6.45, 7) is 3.05. The van der Waals surface area contributed by atoms with Gasteiger partial charge in [-0.3, -0.25) is 0 Å². The van der Waals surface area contributed by atoms with Crippen LogP contribution >= 0.6 is 0 Å². The maximum absolute atomic E-state index is 10.5. The Balaban J connectivity index is 3.96. The molecule has 0 saturated heterocycles. The molecule has 0 aliphatic heterocycles. The minimum Gasteiger partial charge on any atom is -0.465 e. The number of aliphatic hydroxyl groups is 2. The molecule has 0 unspecified atom stereocenters. The lowest BCUT2D eigenvalue weighted by Gasteiger charge is -2.21. The van der Waals surface area contributed by atoms with E-state index >= 15 is 0 Å². The van der Waals surface area contributed by atoms with Gasteiger partial charge < -0.3 is 20.2 Å². The van der Waals surface area contributed by atoms with Crippen LogP contribution in [0.3, 0.4) is 0 Å². The van der Waals surface area contributed by atoms with E-state index in [9.17, 15) is 4.79 Å². The van der Waals surface area contributed by atoms with Gasteiger partial charge in [0.25, 0.3) is 0 Å². The normalized spacial score (nSPS) is 15.3. The van der Waals surface area contributed by atoms with Gasteiger partial charge in [-0.1, -0.05) is 0 Å². The third-order valence-electron chi connectivity index (χ3n) is 1.24. The quantitative estimate of drug-likeness (QED) is 0.552. The van der Waals surface area contributed by atoms with Crippen LogP contribution in [0.5, 0.6) is 0 Å². The van der Waals surface area contributed by atoms with E-state index in [0.29, 0.717) is 0 Å². The van der Waals surface area contributed by atoms with Gasteiger partial charge in [-0.15, -0.1) is 0 Å². The highest BCUT2D eigenvalue weighted by atomic mass is 16.4. The predicted octanol–water partition coefficient (Wildman–Crippen LogP) is -0.272. The van der Waals surface area contributed by atoms with Crippen LogP contribution in [0.15, 0.2) is 0 Å². The van der Waals surface area contributed by atoms with Crippen LogP contribution in [0, 0.1) is 0 Å². The lowest BCUT2D eigenvalue weighted by Crippen LogP contribution is -2.39. The Morgan fingerprint density at radius 3 is 1.75 bits per heavy atom. The van der Waals surface area contributed by atoms with Crippen molar-refractivity contribution in [1.82, 2.24) is 4.90 Å². The minimum absolute atomic E-state index is 0.0280. The molecule has 0 heterocycles. The van der Waals surface area contributed by atoms with Crippen molar-refractivity contribution < 1.29 is 20.1 Å². The number of nitrogens with zero attached hydrogens (tertiary/aromatic N) is 1. The van der Waals surface area contributed by atoms with Crippen LogP contribution in [0.2, 0.25) is 0 Å². The van der Waals surface area contributed by atoms with E-state index in [1.807, 2.05) is 0 Å². The van der Waals surface area contributed by atoms with Crippen LogP contribution in [-0.4, -0.2) is 51.6 Å². The van der Waals surface area contributed by atoms with Crippen molar-refractivity contribution in [3.8, 4) is 0 Å². The first-order valence-corrected chi connectivity index (χ1v) is 3.77. The second-order valence-corrected chi connectivity index (χ2v) is 2.89. The first-order valence-electron chi connectivity index (χ1n) is 3.77. The topological polar surface area (TPSA) is 81.0 Å². The van der Waals surface area contributed by atoms with Crippen molar-refractivity contribution in [3.63, 3.8) is 0 Å². The van der Waals surface area contributed by atoms with Crippen LogP contribution in [0.1, 0.15) is 13.8 Å². The van der Waals surface area contributed by atoms with Gasteiger partial charge in [0.05, 0.1) is 12.2 Å². The van der Waals surface area contributed by atoms with Crippen LogP contribution in [0.25, 0.3) is 0 Å². The fourth-order valence-corrected chi connectivity index (χ4v) is 0.869. The van der Waals surface area contributed by atoms with Gasteiger partial charge in [0.1, 0.15) is 0 Å². The summed E-state index contributed by atoms with van der Waals surface area (Å²) in [6, 6.07) is 0. The first kappa shape index (κ1) is 11.2. The molecule has 0 rings (SSSR count). The Kier molecular flexibility index (Phi) is 4.61. The second-order valence-electron chi connectivity index (χ2n) is 2.89. The van der Waals surface area contributed by atoms with Gasteiger partial charge in [-0.25, -0.2) is 4.79 Å². The third kappa shape index (κ3) is 4.92. The van der Waals surface area contributed by atoms with Gasteiger partial charge in [0, 0.05) is 13.1 Å². The van der Waals surface area contributed by atoms with Crippen LogP contribution < -0.4 is 0 Å². The highest BCUT2D eigenvalue weighted by Gasteiger charge is 2.15. The standard InChI is InChI=1S/C7H15NO4/c1-5(9)3-8(7(11)12)4-6(2)10/h5-6,9-10H,3-4H2,1-2H3,(H,11,12)/t5-,6-/m1/s1. The molecule has 0 saturated carbocycles. The highest BCUT2D eigenvalue weighted by Crippen LogP contribution is 1.95. The van der Waals surface area contributed by atoms with E-state index in [0.717, 1.165) is 4.90 Å². The van der Waals surface area contributed by atoms with E-state index in [1.54, 1.807) is 0 Å². The predicted molar refractivity (Wildman–Crippen MR) is 43.0 cm³/mol. The van der Waals surface area contributed by atoms with E-state index in [1.165, 1.54) is 13.8 Å². The lowest BCUT2D eigenvalue weighted by atomic mass is 10.3. The van der Waals surface area contributed by atoms with Gasteiger partial charge >= 0.3 is 6.09 Å². The summed E-state index contributed by atoms with van der Waals surface area (Å²) in [5, 5.41) is 26.4. The van der Waals surface area contributed by atoms with E-state index in [2.05, 4.69) is 0 Å². The molecule has 0 aliphatic carbocycles. The molecule has 0 aromatic rings. The van der Waals surface area contributed by atoms with Gasteiger partial charge in [-0.2, -0.15) is 0 Å². The summed E-state index contributed by atoms with van der Waals surface area (Å²) in [7, 11) is 0. The Morgan fingerprint density at radius 2 is 1.58 bits per heavy atom. The monoisotopic (exact) mass is 177 g/mol. The highest BCUT2D eigenvalue weighted by molar-refractivity contribution is 5.64. The number of hydrogen-bond donors (Lipinski definition) is 3. The van der Waals surface area contributed by atoms with Crippen LogP contribution in [0.4, 0.5) is 4.79 Å². The average Bonchev–Trinajstić information content (AvgIpc) is 1.83. The zero-order valence-electron chi connectivity index (χ0n) is 7.27. The van der Waals surface area contributed by atoms with Crippen molar-refractivity contribution in [1.29, 1.82) is 0 Å². The molecule has 0 aliphatic rings. The van der Waals surface area contributed by atoms with Crippen molar-refractivity contribution in [2.24, 2.45) is 0 Å². The van der Waals surface area contributed by atoms with Crippen molar-refractivity contribution >= 4 is 6.09 Å². The molecule has 1 amide bonds. The summed E-state index contributed by atoms with van der Waals surface area (Å²) < 4.78 is 0. The lowest BCUT2D eigenvalue weighted by molar-refractivity contribution is 0.0752. The Labute approximate surface area is 71.2 Å². The zero-order chi connectivity index (χ0) is 9.72. The largest absolute Gasteiger partial charge is 0.465 e. The molecule has 12 heavy (non-hydrogen) atoms. The van der Waals surface area contributed by atoms with E-state index in [4.69, 9.17) is 15.3 Å². The van der Waals surface area contributed by atoms with Gasteiger partial charge in [-0.05, 0) is 13.8 Å². The summed E-state index contributed by atoms with van der Waals surface area (Å²) in [5.74, 6) is 0. The molecule has 0 aromatic carbocycles. The molecule has 0 radical (unpaired) electrons. The van der Waals surface area contributed by atoms with Gasteiger partial charge in [0.15, 0.2) is 0 Å². The van der Waals surface area contributed by atoms with E-state index < -0.39 is 18.3 Å². The molecule has 2 atom stereocenters. The molecule has 0 spiro atoms. The van der Waals surface area contributed by atoms with Crippen molar-refractivity contribution in [2.75, 3.05) is 13.1 Å². The van der Waals surface area contributed by atoms with Gasteiger partial charge in [0.2, 0.25) is 0 Å². The number of amides is 1. The fourth-order valence-electron chi connectivity index (χ4n) is 0.869. The van der Waals surface area contributed by atoms with Crippen LogP contribution in [-0.2, 0) is 0 Å². The third-order valence-corrected chi connectivity index (χ3v) is 1.24. The molecular formula is C7H15NO4. The first-order chi connectivity index (χ1) is 5.43. The smallest absolute Gasteiger partial charge is 0.407 e. The minimum atomic E-state index is -1.13. The molecule has 0 aromatic heterocycles. The Bertz CT molecular complexity index is 136. The molecule has 0 fully saturated rings. The summed E-state index contributed by atoms with van der Waals surface area (Å²) >= 11 is 0. The maximum Gasteiger partial charge on any atom is 0.407 e. The fraction of sp³-hybridized carbons (Fsp3) is 0.857. The Morgan fingerprint density at radius 1 is 1.25 bits per heavy atom. The SMILES string of the molecule is C[C@@H](O)CN(C[C@@H](C)O)C(=O)O. The summed E-state index contributed by atoms with van der Waals surface area (Å²) in [5.41, 5.74) is 0. The zero-order valence-corrected chi connectivity index (χ0v) is 7.27. The maximum atomic E-state index is 10.5. The molecule has 3 N–H and O–H groups in total. The number of carbonyl (C=O) groups is 1. The summed E-state index contributed by atoms with van der Waals surface area (Å²) in [6.07, 6.45) is -2.54. The molecular weight excluding hydrogens is 162 g/mol. The second kappa shape index (κ2) is 4.95. The molecule has 5 nitrogen and oxygen atoms in total. The molecule has 5 heteroatoms. The summed E-state index contributed by atoms with van der Waals surface area (Å²) in [4.78, 5) is 11.5. The molecule has 72 valence electrons. The molecule has 0 bridgehead atoms. The number of aliphatic hydroxyl groups excluding tert-OH is 2. The Hall–Kier alpha value is -0.810. The number of carboxylic acid groups (broad SMARTS) is 1. The van der Waals surface area contributed by atoms with Crippen molar-refractivity contribution in [2.45, 2.75) is 26.1 Å².